The summed E-state index contributed by atoms with van der Waals surface area (Å²) in [6.07, 6.45) is 2.36. The van der Waals surface area contributed by atoms with Crippen LogP contribution in [-0.2, 0) is 4.79 Å². The van der Waals surface area contributed by atoms with E-state index in [1.54, 1.807) is 0 Å². The van der Waals surface area contributed by atoms with Crippen LogP contribution in [0.4, 0.5) is 0 Å². The summed E-state index contributed by atoms with van der Waals surface area (Å²) in [5, 5.41) is 6.52. The highest BCUT2D eigenvalue weighted by Gasteiger charge is 2.19. The Bertz CT molecular complexity index is 687. The van der Waals surface area contributed by atoms with Gasteiger partial charge >= 0.3 is 0 Å². The molecule has 3 rings (SSSR count). The minimum absolute atomic E-state index is 0.0660. The van der Waals surface area contributed by atoms with E-state index in [-0.39, 0.29) is 11.9 Å². The fourth-order valence-corrected chi connectivity index (χ4v) is 3.27. The highest BCUT2D eigenvalue weighted by molar-refractivity contribution is 5.76. The standard InChI is InChI=1S/C21H26N2O2/c1-16-15-18(11-13-22-16)23-21(24)12-14-25-20-10-6-5-9-19(20)17-7-3-2-4-8-17/h2-10,16,18,22H,11-15H2,1H3,(H,23,24). The van der Waals surface area contributed by atoms with Crippen molar-refractivity contribution in [3.8, 4) is 16.9 Å². The molecule has 0 aromatic heterocycles. The minimum Gasteiger partial charge on any atom is -0.492 e. The monoisotopic (exact) mass is 338 g/mol. The van der Waals surface area contributed by atoms with Crippen molar-refractivity contribution in [2.24, 2.45) is 0 Å². The van der Waals surface area contributed by atoms with Gasteiger partial charge in [0.2, 0.25) is 5.91 Å². The normalized spacial score (nSPS) is 20.0. The maximum absolute atomic E-state index is 12.2. The number of carbonyl (C=O) groups is 1. The molecule has 25 heavy (non-hydrogen) atoms. The molecule has 0 radical (unpaired) electrons. The van der Waals surface area contributed by atoms with Crippen LogP contribution in [0.3, 0.4) is 0 Å². The molecule has 132 valence electrons. The summed E-state index contributed by atoms with van der Waals surface area (Å²) in [7, 11) is 0. The summed E-state index contributed by atoms with van der Waals surface area (Å²) in [5.41, 5.74) is 2.17. The number of amides is 1. The second-order valence-corrected chi connectivity index (χ2v) is 6.60. The first-order valence-electron chi connectivity index (χ1n) is 9.02. The Hall–Kier alpha value is -2.33. The van der Waals surface area contributed by atoms with Gasteiger partial charge in [0.25, 0.3) is 0 Å². The summed E-state index contributed by atoms with van der Waals surface area (Å²) in [4.78, 5) is 12.2. The van der Waals surface area contributed by atoms with Crippen LogP contribution in [0.2, 0.25) is 0 Å². The van der Waals surface area contributed by atoms with Gasteiger partial charge in [0.1, 0.15) is 5.75 Å². The van der Waals surface area contributed by atoms with Crippen molar-refractivity contribution in [1.82, 2.24) is 10.6 Å². The Kier molecular flexibility index (Phi) is 6.07. The van der Waals surface area contributed by atoms with Crippen LogP contribution in [0.25, 0.3) is 11.1 Å². The average Bonchev–Trinajstić information content (AvgIpc) is 2.63. The number of hydrogen-bond donors (Lipinski definition) is 2. The molecule has 1 saturated heterocycles. The van der Waals surface area contributed by atoms with Crippen LogP contribution < -0.4 is 15.4 Å². The van der Waals surface area contributed by atoms with Crippen molar-refractivity contribution < 1.29 is 9.53 Å². The molecule has 1 aliphatic heterocycles. The van der Waals surface area contributed by atoms with Gasteiger partial charge in [-0.05, 0) is 37.9 Å². The van der Waals surface area contributed by atoms with Crippen LogP contribution in [0.5, 0.6) is 5.75 Å². The van der Waals surface area contributed by atoms with E-state index in [1.807, 2.05) is 42.5 Å². The predicted octanol–water partition coefficient (Wildman–Crippen LogP) is 3.38. The number of rotatable bonds is 6. The maximum Gasteiger partial charge on any atom is 0.223 e. The zero-order chi connectivity index (χ0) is 17.5. The quantitative estimate of drug-likeness (QED) is 0.849. The fourth-order valence-electron chi connectivity index (χ4n) is 3.27. The van der Waals surface area contributed by atoms with E-state index < -0.39 is 0 Å². The summed E-state index contributed by atoms with van der Waals surface area (Å²) >= 11 is 0. The number of benzene rings is 2. The van der Waals surface area contributed by atoms with E-state index in [0.29, 0.717) is 19.1 Å². The summed E-state index contributed by atoms with van der Waals surface area (Å²) in [5.74, 6) is 0.883. The molecule has 2 atom stereocenters. The molecule has 0 saturated carbocycles. The van der Waals surface area contributed by atoms with Crippen LogP contribution in [0, 0.1) is 0 Å². The van der Waals surface area contributed by atoms with E-state index in [9.17, 15) is 4.79 Å². The first-order valence-corrected chi connectivity index (χ1v) is 9.02. The lowest BCUT2D eigenvalue weighted by molar-refractivity contribution is -0.122. The van der Waals surface area contributed by atoms with Gasteiger partial charge in [-0.3, -0.25) is 4.79 Å². The molecule has 1 aliphatic rings. The Morgan fingerprint density at radius 3 is 2.72 bits per heavy atom. The zero-order valence-corrected chi connectivity index (χ0v) is 14.7. The molecule has 2 unspecified atom stereocenters. The van der Waals surface area contributed by atoms with Crippen LogP contribution in [-0.4, -0.2) is 31.1 Å². The topological polar surface area (TPSA) is 50.4 Å². The van der Waals surface area contributed by atoms with E-state index in [1.165, 1.54) is 0 Å². The largest absolute Gasteiger partial charge is 0.492 e. The molecule has 2 aromatic carbocycles. The smallest absolute Gasteiger partial charge is 0.223 e. The fraction of sp³-hybridized carbons (Fsp3) is 0.381. The molecule has 1 heterocycles. The highest BCUT2D eigenvalue weighted by atomic mass is 16.5. The number of carbonyl (C=O) groups excluding carboxylic acids is 1. The molecule has 2 aromatic rings. The third kappa shape index (κ3) is 5.07. The molecule has 2 N–H and O–H groups in total. The van der Waals surface area contributed by atoms with E-state index in [4.69, 9.17) is 4.74 Å². The number of piperidine rings is 1. The van der Waals surface area contributed by atoms with Gasteiger partial charge in [0.15, 0.2) is 0 Å². The third-order valence-corrected chi connectivity index (χ3v) is 4.55. The number of para-hydroxylation sites is 1. The summed E-state index contributed by atoms with van der Waals surface area (Å²) in [6.45, 7) is 3.51. The number of ether oxygens (including phenoxy) is 1. The first kappa shape index (κ1) is 17.5. The molecule has 0 aliphatic carbocycles. The summed E-state index contributed by atoms with van der Waals surface area (Å²) in [6, 6.07) is 18.8. The molecular weight excluding hydrogens is 312 g/mol. The van der Waals surface area contributed by atoms with Gasteiger partial charge in [0.05, 0.1) is 13.0 Å². The van der Waals surface area contributed by atoms with Gasteiger partial charge in [-0.2, -0.15) is 0 Å². The second kappa shape index (κ2) is 8.67. The van der Waals surface area contributed by atoms with E-state index in [2.05, 4.69) is 29.7 Å². The molecule has 0 bridgehead atoms. The lowest BCUT2D eigenvalue weighted by Gasteiger charge is -2.28. The van der Waals surface area contributed by atoms with Crippen molar-refractivity contribution in [2.45, 2.75) is 38.3 Å². The predicted molar refractivity (Wildman–Crippen MR) is 101 cm³/mol. The van der Waals surface area contributed by atoms with Crippen molar-refractivity contribution in [1.29, 1.82) is 0 Å². The van der Waals surface area contributed by atoms with Crippen molar-refractivity contribution in [2.75, 3.05) is 13.2 Å². The van der Waals surface area contributed by atoms with Gasteiger partial charge in [0, 0.05) is 17.6 Å². The maximum atomic E-state index is 12.2. The van der Waals surface area contributed by atoms with Gasteiger partial charge in [-0.15, -0.1) is 0 Å². The number of hydrogen-bond acceptors (Lipinski definition) is 3. The molecule has 1 fully saturated rings. The molecule has 1 amide bonds. The Morgan fingerprint density at radius 2 is 1.92 bits per heavy atom. The summed E-state index contributed by atoms with van der Waals surface area (Å²) < 4.78 is 5.90. The van der Waals surface area contributed by atoms with E-state index >= 15 is 0 Å². The number of nitrogens with one attached hydrogen (secondary N) is 2. The van der Waals surface area contributed by atoms with Crippen molar-refractivity contribution in [3.05, 3.63) is 54.6 Å². The Labute approximate surface area is 149 Å². The first-order chi connectivity index (χ1) is 12.2. The van der Waals surface area contributed by atoms with Gasteiger partial charge in [-0.25, -0.2) is 0 Å². The lowest BCUT2D eigenvalue weighted by atomic mass is 10.0. The van der Waals surface area contributed by atoms with Crippen LogP contribution >= 0.6 is 0 Å². The second-order valence-electron chi connectivity index (χ2n) is 6.60. The zero-order valence-electron chi connectivity index (χ0n) is 14.7. The van der Waals surface area contributed by atoms with Crippen molar-refractivity contribution in [3.63, 3.8) is 0 Å². The Morgan fingerprint density at radius 1 is 1.16 bits per heavy atom. The molecule has 4 nitrogen and oxygen atoms in total. The van der Waals surface area contributed by atoms with Gasteiger partial charge < -0.3 is 15.4 Å². The molecule has 4 heteroatoms. The molecule has 0 spiro atoms. The lowest BCUT2D eigenvalue weighted by Crippen LogP contribution is -2.46. The van der Waals surface area contributed by atoms with Crippen molar-refractivity contribution >= 4 is 5.91 Å². The SMILES string of the molecule is CC1CC(NC(=O)CCOc2ccccc2-c2ccccc2)CCN1. The van der Waals surface area contributed by atoms with Gasteiger partial charge in [-0.1, -0.05) is 48.5 Å². The third-order valence-electron chi connectivity index (χ3n) is 4.55. The highest BCUT2D eigenvalue weighted by Crippen LogP contribution is 2.29. The minimum atomic E-state index is 0.0660. The van der Waals surface area contributed by atoms with E-state index in [0.717, 1.165) is 36.3 Å². The molecular formula is C21H26N2O2. The van der Waals surface area contributed by atoms with Crippen LogP contribution in [0.15, 0.2) is 54.6 Å². The average molecular weight is 338 g/mol. The van der Waals surface area contributed by atoms with Crippen LogP contribution in [0.1, 0.15) is 26.2 Å². The Balaban J connectivity index is 1.51.